The van der Waals surface area contributed by atoms with Gasteiger partial charge in [0.25, 0.3) is 0 Å². The molecular formula is C27H30ClN3O2. The Morgan fingerprint density at radius 3 is 2.06 bits per heavy atom. The second kappa shape index (κ2) is 12.1. The maximum absolute atomic E-state index is 12.7. The molecular weight excluding hydrogens is 434 g/mol. The number of hydrogen-bond donors (Lipinski definition) is 2. The topological polar surface area (TPSA) is 61.4 Å². The lowest BCUT2D eigenvalue weighted by Crippen LogP contribution is -2.44. The van der Waals surface area contributed by atoms with Crippen LogP contribution in [0.1, 0.15) is 24.0 Å². The van der Waals surface area contributed by atoms with Crippen molar-refractivity contribution in [3.05, 3.63) is 96.1 Å². The molecule has 0 bridgehead atoms. The Balaban J connectivity index is 0.00000306. The highest BCUT2D eigenvalue weighted by atomic mass is 35.5. The second-order valence-corrected chi connectivity index (χ2v) is 8.30. The van der Waals surface area contributed by atoms with E-state index < -0.39 is 11.8 Å². The second-order valence-electron chi connectivity index (χ2n) is 8.30. The van der Waals surface area contributed by atoms with Gasteiger partial charge in [-0.15, -0.1) is 12.4 Å². The molecule has 3 aromatic rings. The van der Waals surface area contributed by atoms with Gasteiger partial charge in [0.05, 0.1) is 0 Å². The van der Waals surface area contributed by atoms with Crippen molar-refractivity contribution in [3.8, 4) is 0 Å². The van der Waals surface area contributed by atoms with Gasteiger partial charge in [0.15, 0.2) is 0 Å². The standard InChI is InChI=1S/C27H29N3O2.ClH/c31-26(27(32)30-16-14-22(15-17-30)18-21-8-3-1-4-9-21)29-25-13-7-12-24(19-25)28-20-23-10-5-2-6-11-23;/h1-13,19,22,28H,14-18,20H2,(H,29,31);1H. The normalized spacial score (nSPS) is 13.6. The highest BCUT2D eigenvalue weighted by Gasteiger charge is 2.27. The van der Waals surface area contributed by atoms with Crippen LogP contribution in [0.3, 0.4) is 0 Å². The van der Waals surface area contributed by atoms with Crippen molar-refractivity contribution in [1.82, 2.24) is 4.90 Å². The number of anilines is 2. The van der Waals surface area contributed by atoms with Crippen molar-refractivity contribution in [2.24, 2.45) is 5.92 Å². The molecule has 172 valence electrons. The molecule has 0 atom stereocenters. The number of halogens is 1. The Morgan fingerprint density at radius 1 is 0.788 bits per heavy atom. The molecule has 1 aliphatic rings. The largest absolute Gasteiger partial charge is 0.381 e. The van der Waals surface area contributed by atoms with E-state index in [1.807, 2.05) is 42.5 Å². The first kappa shape index (κ1) is 24.3. The molecule has 33 heavy (non-hydrogen) atoms. The summed E-state index contributed by atoms with van der Waals surface area (Å²) in [5, 5.41) is 6.10. The van der Waals surface area contributed by atoms with Crippen LogP contribution < -0.4 is 10.6 Å². The first-order valence-electron chi connectivity index (χ1n) is 11.2. The van der Waals surface area contributed by atoms with E-state index >= 15 is 0 Å². The zero-order chi connectivity index (χ0) is 22.2. The molecule has 2 N–H and O–H groups in total. The van der Waals surface area contributed by atoms with Crippen molar-refractivity contribution < 1.29 is 9.59 Å². The van der Waals surface area contributed by atoms with Crippen LogP contribution in [0.4, 0.5) is 11.4 Å². The van der Waals surface area contributed by atoms with Gasteiger partial charge in [0, 0.05) is 31.0 Å². The third-order valence-corrected chi connectivity index (χ3v) is 5.92. The van der Waals surface area contributed by atoms with Crippen molar-refractivity contribution in [3.63, 3.8) is 0 Å². The molecule has 0 aromatic heterocycles. The maximum atomic E-state index is 12.7. The van der Waals surface area contributed by atoms with Crippen molar-refractivity contribution >= 4 is 35.6 Å². The molecule has 0 unspecified atom stereocenters. The van der Waals surface area contributed by atoms with Crippen LogP contribution >= 0.6 is 12.4 Å². The number of amides is 2. The van der Waals surface area contributed by atoms with E-state index in [4.69, 9.17) is 0 Å². The first-order valence-corrected chi connectivity index (χ1v) is 11.2. The molecule has 4 rings (SSSR count). The smallest absolute Gasteiger partial charge is 0.313 e. The molecule has 0 saturated carbocycles. The lowest BCUT2D eigenvalue weighted by Gasteiger charge is -2.31. The molecule has 5 nitrogen and oxygen atoms in total. The predicted molar refractivity (Wildman–Crippen MR) is 136 cm³/mol. The Kier molecular flexibility index (Phi) is 8.90. The van der Waals surface area contributed by atoms with Crippen LogP contribution in [0.2, 0.25) is 0 Å². The Morgan fingerprint density at radius 2 is 1.39 bits per heavy atom. The summed E-state index contributed by atoms with van der Waals surface area (Å²) in [6.07, 6.45) is 2.87. The summed E-state index contributed by atoms with van der Waals surface area (Å²) in [5.74, 6) is -0.477. The average Bonchev–Trinajstić information content (AvgIpc) is 2.84. The summed E-state index contributed by atoms with van der Waals surface area (Å²) >= 11 is 0. The predicted octanol–water partition coefficient (Wildman–Crippen LogP) is 5.14. The fourth-order valence-corrected chi connectivity index (χ4v) is 4.12. The molecule has 6 heteroatoms. The van der Waals surface area contributed by atoms with E-state index in [0.29, 0.717) is 31.2 Å². The lowest BCUT2D eigenvalue weighted by molar-refractivity contribution is -0.144. The summed E-state index contributed by atoms with van der Waals surface area (Å²) < 4.78 is 0. The van der Waals surface area contributed by atoms with Gasteiger partial charge in [-0.25, -0.2) is 0 Å². The minimum atomic E-state index is -0.577. The zero-order valence-corrected chi connectivity index (χ0v) is 19.4. The SMILES string of the molecule is Cl.O=C(Nc1cccc(NCc2ccccc2)c1)C(=O)N1CCC(Cc2ccccc2)CC1. The summed E-state index contributed by atoms with van der Waals surface area (Å²) in [5.41, 5.74) is 4.00. The van der Waals surface area contributed by atoms with E-state index in [1.54, 1.807) is 11.0 Å². The van der Waals surface area contributed by atoms with E-state index in [9.17, 15) is 9.59 Å². The summed E-state index contributed by atoms with van der Waals surface area (Å²) in [7, 11) is 0. The van der Waals surface area contributed by atoms with Gasteiger partial charge in [-0.3, -0.25) is 9.59 Å². The fourth-order valence-electron chi connectivity index (χ4n) is 4.12. The third kappa shape index (κ3) is 7.09. The lowest BCUT2D eigenvalue weighted by atomic mass is 9.90. The molecule has 3 aromatic carbocycles. The quantitative estimate of drug-likeness (QED) is 0.497. The van der Waals surface area contributed by atoms with E-state index in [-0.39, 0.29) is 12.4 Å². The number of piperidine rings is 1. The Hall–Kier alpha value is -3.31. The minimum absolute atomic E-state index is 0. The van der Waals surface area contributed by atoms with Crippen LogP contribution in [-0.2, 0) is 22.6 Å². The van der Waals surface area contributed by atoms with Gasteiger partial charge >= 0.3 is 11.8 Å². The summed E-state index contributed by atoms with van der Waals surface area (Å²) in [6, 6.07) is 28.0. The molecule has 2 amide bonds. The zero-order valence-electron chi connectivity index (χ0n) is 18.6. The molecule has 1 fully saturated rings. The van der Waals surface area contributed by atoms with Crippen LogP contribution in [0.5, 0.6) is 0 Å². The molecule has 0 radical (unpaired) electrons. The summed E-state index contributed by atoms with van der Waals surface area (Å²) in [4.78, 5) is 26.9. The van der Waals surface area contributed by atoms with Gasteiger partial charge in [-0.2, -0.15) is 0 Å². The van der Waals surface area contributed by atoms with Crippen LogP contribution in [-0.4, -0.2) is 29.8 Å². The van der Waals surface area contributed by atoms with Gasteiger partial charge in [-0.1, -0.05) is 66.7 Å². The molecule has 1 heterocycles. The van der Waals surface area contributed by atoms with Gasteiger partial charge in [0.1, 0.15) is 0 Å². The number of nitrogens with zero attached hydrogens (tertiary/aromatic N) is 1. The van der Waals surface area contributed by atoms with Gasteiger partial charge in [-0.05, 0) is 54.5 Å². The number of benzene rings is 3. The van der Waals surface area contributed by atoms with Crippen LogP contribution in [0.15, 0.2) is 84.9 Å². The van der Waals surface area contributed by atoms with E-state index in [1.165, 1.54) is 11.1 Å². The number of nitrogens with one attached hydrogen (secondary N) is 2. The molecule has 1 saturated heterocycles. The monoisotopic (exact) mass is 463 g/mol. The van der Waals surface area contributed by atoms with Gasteiger partial charge in [0.2, 0.25) is 0 Å². The Labute approximate surface area is 201 Å². The van der Waals surface area contributed by atoms with Crippen molar-refractivity contribution in [2.45, 2.75) is 25.8 Å². The van der Waals surface area contributed by atoms with E-state index in [2.05, 4.69) is 47.0 Å². The number of hydrogen-bond acceptors (Lipinski definition) is 3. The number of likely N-dealkylation sites (tertiary alicyclic amines) is 1. The van der Waals surface area contributed by atoms with E-state index in [0.717, 1.165) is 24.9 Å². The number of carbonyl (C=O) groups is 2. The van der Waals surface area contributed by atoms with Gasteiger partial charge < -0.3 is 15.5 Å². The van der Waals surface area contributed by atoms with Crippen LogP contribution in [0, 0.1) is 5.92 Å². The first-order chi connectivity index (χ1) is 15.7. The minimum Gasteiger partial charge on any atom is -0.381 e. The van der Waals surface area contributed by atoms with Crippen LogP contribution in [0.25, 0.3) is 0 Å². The number of carbonyl (C=O) groups excluding carboxylic acids is 2. The highest BCUT2D eigenvalue weighted by molar-refractivity contribution is 6.39. The highest BCUT2D eigenvalue weighted by Crippen LogP contribution is 2.22. The van der Waals surface area contributed by atoms with Crippen molar-refractivity contribution in [2.75, 3.05) is 23.7 Å². The number of rotatable bonds is 6. The Bertz CT molecular complexity index is 1040. The maximum Gasteiger partial charge on any atom is 0.313 e. The average molecular weight is 464 g/mol. The summed E-state index contributed by atoms with van der Waals surface area (Å²) in [6.45, 7) is 1.94. The third-order valence-electron chi connectivity index (χ3n) is 5.92. The molecule has 1 aliphatic heterocycles. The fraction of sp³-hybridized carbons (Fsp3) is 0.259. The molecule has 0 aliphatic carbocycles. The van der Waals surface area contributed by atoms with Crippen molar-refractivity contribution in [1.29, 1.82) is 0 Å². The molecule has 0 spiro atoms.